The highest BCUT2D eigenvalue weighted by Crippen LogP contribution is 2.32. The normalized spacial score (nSPS) is 18.5. The molecule has 0 fully saturated rings. The van der Waals surface area contributed by atoms with Gasteiger partial charge in [-0.1, -0.05) is 55.5 Å². The number of carbonyl (C=O) groups is 2. The van der Waals surface area contributed by atoms with Crippen molar-refractivity contribution in [1.29, 1.82) is 0 Å². The van der Waals surface area contributed by atoms with Crippen LogP contribution in [0.1, 0.15) is 35.3 Å². The van der Waals surface area contributed by atoms with Gasteiger partial charge in [0.2, 0.25) is 0 Å². The first-order valence-electron chi connectivity index (χ1n) is 13.4. The molecule has 3 aromatic rings. The van der Waals surface area contributed by atoms with E-state index in [0.29, 0.717) is 5.56 Å². The first-order chi connectivity index (χ1) is 19.5. The second-order valence-electron chi connectivity index (χ2n) is 10.4. The van der Waals surface area contributed by atoms with Crippen molar-refractivity contribution in [3.8, 4) is 11.1 Å². The standard InChI is InChI=1S/C31H34F3N3O4/c1-20-16-37(21(2)18-38)29(39)27-14-7-6-13-26(27)25-12-5-4-9-22(25)19-41-28(20)17-36(3)30(40)35-24-11-8-10-23(15-24)31(32,33)34/h4-15,20-21,28,38H,16-19H2,1-3H3,(H,35,40)/t20-,21+,28-/m1/s1. The molecule has 1 heterocycles. The molecule has 0 saturated carbocycles. The SMILES string of the molecule is C[C@@H]1CN([C@@H](C)CO)C(=O)c2ccccc2-c2ccccc2CO[C@@H]1CN(C)C(=O)Nc1cccc(C(F)(F)F)c1. The Bertz CT molecular complexity index is 1380. The van der Waals surface area contributed by atoms with Gasteiger partial charge in [0, 0.05) is 37.3 Å². The summed E-state index contributed by atoms with van der Waals surface area (Å²) in [6, 6.07) is 18.3. The van der Waals surface area contributed by atoms with Crippen LogP contribution in [-0.2, 0) is 17.5 Å². The van der Waals surface area contributed by atoms with E-state index in [1.807, 2.05) is 49.4 Å². The average Bonchev–Trinajstić information content (AvgIpc) is 2.97. The number of anilines is 1. The number of hydrogen-bond acceptors (Lipinski definition) is 4. The summed E-state index contributed by atoms with van der Waals surface area (Å²) in [5.41, 5.74) is 2.15. The van der Waals surface area contributed by atoms with Crippen LogP contribution in [0, 0.1) is 5.92 Å². The number of halogens is 3. The zero-order valence-corrected chi connectivity index (χ0v) is 23.2. The minimum atomic E-state index is -4.53. The molecule has 10 heteroatoms. The van der Waals surface area contributed by atoms with E-state index in [2.05, 4.69) is 5.32 Å². The Morgan fingerprint density at radius 2 is 1.73 bits per heavy atom. The fourth-order valence-electron chi connectivity index (χ4n) is 4.90. The molecule has 7 nitrogen and oxygen atoms in total. The Hall–Kier alpha value is -3.89. The number of nitrogens with zero attached hydrogens (tertiary/aromatic N) is 2. The fourth-order valence-corrected chi connectivity index (χ4v) is 4.90. The molecular formula is C31H34F3N3O4. The molecule has 2 N–H and O–H groups in total. The molecule has 0 bridgehead atoms. The number of aliphatic hydroxyl groups excluding tert-OH is 1. The molecule has 0 aliphatic carbocycles. The maximum atomic E-state index is 13.9. The van der Waals surface area contributed by atoms with Crippen LogP contribution in [0.25, 0.3) is 11.1 Å². The number of fused-ring (bicyclic) bond motifs is 3. The van der Waals surface area contributed by atoms with E-state index in [4.69, 9.17) is 4.74 Å². The number of rotatable bonds is 5. The van der Waals surface area contributed by atoms with Gasteiger partial charge in [0.15, 0.2) is 0 Å². The van der Waals surface area contributed by atoms with Crippen LogP contribution in [0.3, 0.4) is 0 Å². The van der Waals surface area contributed by atoms with Crippen molar-refractivity contribution >= 4 is 17.6 Å². The molecule has 41 heavy (non-hydrogen) atoms. The lowest BCUT2D eigenvalue weighted by atomic mass is 9.94. The highest BCUT2D eigenvalue weighted by Gasteiger charge is 2.32. The molecule has 1 aliphatic rings. The van der Waals surface area contributed by atoms with Crippen LogP contribution in [0.15, 0.2) is 72.8 Å². The van der Waals surface area contributed by atoms with E-state index < -0.39 is 29.9 Å². The maximum Gasteiger partial charge on any atom is 0.416 e. The van der Waals surface area contributed by atoms with E-state index in [-0.39, 0.29) is 43.8 Å². The third kappa shape index (κ3) is 7.07. The highest BCUT2D eigenvalue weighted by atomic mass is 19.4. The molecule has 0 radical (unpaired) electrons. The molecule has 3 amide bonds. The van der Waals surface area contributed by atoms with Gasteiger partial charge in [-0.3, -0.25) is 4.79 Å². The average molecular weight is 570 g/mol. The Morgan fingerprint density at radius 1 is 1.07 bits per heavy atom. The number of urea groups is 1. The van der Waals surface area contributed by atoms with E-state index >= 15 is 0 Å². The summed E-state index contributed by atoms with van der Waals surface area (Å²) >= 11 is 0. The Balaban J connectivity index is 1.62. The fraction of sp³-hybridized carbons (Fsp3) is 0.355. The third-order valence-electron chi connectivity index (χ3n) is 7.34. The largest absolute Gasteiger partial charge is 0.416 e. The predicted molar refractivity (Wildman–Crippen MR) is 150 cm³/mol. The molecular weight excluding hydrogens is 535 g/mol. The summed E-state index contributed by atoms with van der Waals surface area (Å²) in [6.07, 6.45) is -5.07. The minimum Gasteiger partial charge on any atom is -0.394 e. The van der Waals surface area contributed by atoms with Gasteiger partial charge in [0.25, 0.3) is 5.91 Å². The van der Waals surface area contributed by atoms with E-state index in [9.17, 15) is 27.9 Å². The lowest BCUT2D eigenvalue weighted by molar-refractivity contribution is -0.137. The monoisotopic (exact) mass is 569 g/mol. The van der Waals surface area contributed by atoms with Crippen molar-refractivity contribution in [2.75, 3.05) is 32.1 Å². The highest BCUT2D eigenvalue weighted by molar-refractivity contribution is 6.01. The van der Waals surface area contributed by atoms with Crippen molar-refractivity contribution < 1.29 is 32.6 Å². The number of carbonyl (C=O) groups excluding carboxylic acids is 2. The summed E-state index contributed by atoms with van der Waals surface area (Å²) in [4.78, 5) is 29.8. The number of aliphatic hydroxyl groups is 1. The van der Waals surface area contributed by atoms with Gasteiger partial charge in [-0.05, 0) is 47.9 Å². The first-order valence-corrected chi connectivity index (χ1v) is 13.4. The molecule has 0 unspecified atom stereocenters. The number of alkyl halides is 3. The second-order valence-corrected chi connectivity index (χ2v) is 10.4. The number of likely N-dealkylation sites (N-methyl/N-ethyl adjacent to an activating group) is 1. The number of hydrogen-bond donors (Lipinski definition) is 2. The summed E-state index contributed by atoms with van der Waals surface area (Å²) in [5, 5.41) is 12.5. The lowest BCUT2D eigenvalue weighted by Gasteiger charge is -2.35. The molecule has 0 aromatic heterocycles. The Labute approximate surface area is 237 Å². The van der Waals surface area contributed by atoms with Crippen LogP contribution < -0.4 is 5.32 Å². The van der Waals surface area contributed by atoms with Gasteiger partial charge < -0.3 is 25.0 Å². The molecule has 1 aliphatic heterocycles. The van der Waals surface area contributed by atoms with Crippen molar-refractivity contribution in [2.45, 2.75) is 38.8 Å². The summed E-state index contributed by atoms with van der Waals surface area (Å²) in [6.45, 7) is 4.01. The summed E-state index contributed by atoms with van der Waals surface area (Å²) < 4.78 is 45.8. The summed E-state index contributed by atoms with van der Waals surface area (Å²) in [7, 11) is 1.53. The minimum absolute atomic E-state index is 0.0216. The predicted octanol–water partition coefficient (Wildman–Crippen LogP) is 5.89. The molecule has 4 rings (SSSR count). The van der Waals surface area contributed by atoms with Crippen molar-refractivity contribution in [2.24, 2.45) is 5.92 Å². The zero-order chi connectivity index (χ0) is 29.7. The van der Waals surface area contributed by atoms with Gasteiger partial charge in [0.05, 0.1) is 30.9 Å². The Morgan fingerprint density at radius 3 is 2.41 bits per heavy atom. The van der Waals surface area contributed by atoms with Gasteiger partial charge >= 0.3 is 12.2 Å². The molecule has 0 spiro atoms. The number of nitrogens with one attached hydrogen (secondary N) is 1. The van der Waals surface area contributed by atoms with Gasteiger partial charge in [-0.2, -0.15) is 13.2 Å². The van der Waals surface area contributed by atoms with E-state index in [0.717, 1.165) is 28.8 Å². The van der Waals surface area contributed by atoms with Crippen LogP contribution >= 0.6 is 0 Å². The van der Waals surface area contributed by atoms with Crippen LogP contribution in [-0.4, -0.2) is 65.7 Å². The van der Waals surface area contributed by atoms with Gasteiger partial charge in [0.1, 0.15) is 0 Å². The quantitative estimate of drug-likeness (QED) is 0.401. The number of benzene rings is 3. The first kappa shape index (κ1) is 30.1. The number of ether oxygens (including phenoxy) is 1. The van der Waals surface area contributed by atoms with E-state index in [1.54, 1.807) is 17.9 Å². The third-order valence-corrected chi connectivity index (χ3v) is 7.34. The van der Waals surface area contributed by atoms with Gasteiger partial charge in [-0.25, -0.2) is 4.79 Å². The van der Waals surface area contributed by atoms with E-state index in [1.165, 1.54) is 24.1 Å². The van der Waals surface area contributed by atoms with Crippen molar-refractivity contribution in [3.63, 3.8) is 0 Å². The molecule has 3 aromatic carbocycles. The zero-order valence-electron chi connectivity index (χ0n) is 23.2. The molecule has 0 saturated heterocycles. The summed E-state index contributed by atoms with van der Waals surface area (Å²) in [5.74, 6) is -0.491. The lowest BCUT2D eigenvalue weighted by Crippen LogP contribution is -2.48. The molecule has 218 valence electrons. The maximum absolute atomic E-state index is 13.9. The smallest absolute Gasteiger partial charge is 0.394 e. The van der Waals surface area contributed by atoms with Crippen LogP contribution in [0.4, 0.5) is 23.7 Å². The van der Waals surface area contributed by atoms with Crippen LogP contribution in [0.5, 0.6) is 0 Å². The van der Waals surface area contributed by atoms with Gasteiger partial charge in [-0.15, -0.1) is 0 Å². The van der Waals surface area contributed by atoms with Crippen molar-refractivity contribution in [3.05, 3.63) is 89.5 Å². The Kier molecular flexibility index (Phi) is 9.35. The number of amides is 3. The van der Waals surface area contributed by atoms with Crippen molar-refractivity contribution in [1.82, 2.24) is 9.80 Å². The topological polar surface area (TPSA) is 82.1 Å². The van der Waals surface area contributed by atoms with Crippen LogP contribution in [0.2, 0.25) is 0 Å². The second kappa shape index (κ2) is 12.7. The molecule has 3 atom stereocenters.